The molecule has 31 heavy (non-hydrogen) atoms. The summed E-state index contributed by atoms with van der Waals surface area (Å²) in [6.07, 6.45) is 3.51. The molecule has 0 saturated heterocycles. The van der Waals surface area contributed by atoms with E-state index in [4.69, 9.17) is 0 Å². The van der Waals surface area contributed by atoms with E-state index in [-0.39, 0.29) is 19.4 Å². The molecule has 5 heteroatoms. The van der Waals surface area contributed by atoms with Crippen molar-refractivity contribution in [2.45, 2.75) is 78.6 Å². The number of amides is 1. The molecule has 1 fully saturated rings. The second-order valence-corrected chi connectivity index (χ2v) is 8.72. The Kier molecular flexibility index (Phi) is 8.33. The first kappa shape index (κ1) is 24.5. The van der Waals surface area contributed by atoms with Crippen LogP contribution >= 0.6 is 0 Å². The van der Waals surface area contributed by atoms with Gasteiger partial charge in [0.05, 0.1) is 0 Å². The lowest BCUT2D eigenvalue weighted by atomic mass is 9.63. The number of nitrogens with one attached hydrogen (secondary N) is 1. The quantitative estimate of drug-likeness (QED) is 0.384. The van der Waals surface area contributed by atoms with Gasteiger partial charge in [0.25, 0.3) is 5.91 Å². The first-order valence-corrected chi connectivity index (χ1v) is 11.0. The molecule has 0 heterocycles. The number of ketones is 3. The molecule has 0 aliphatic heterocycles. The highest BCUT2D eigenvalue weighted by molar-refractivity contribution is 6.36. The fourth-order valence-corrected chi connectivity index (χ4v) is 5.04. The maximum atomic E-state index is 13.3. The molecule has 1 amide bonds. The van der Waals surface area contributed by atoms with Gasteiger partial charge < -0.3 is 5.32 Å². The molecule has 1 aliphatic carbocycles. The van der Waals surface area contributed by atoms with Crippen molar-refractivity contribution in [3.05, 3.63) is 34.4 Å². The Hall–Kier alpha value is -2.74. The van der Waals surface area contributed by atoms with Gasteiger partial charge in [0.15, 0.2) is 0 Å². The summed E-state index contributed by atoms with van der Waals surface area (Å²) >= 11 is 0. The SMILES string of the molecule is CC#Cc1cc(C)c(C2C(=O)CC(CCC)(CCCC(=O)C(=O)NC)CC2=O)c(C)c1.[HH]. The zero-order valence-electron chi connectivity index (χ0n) is 19.3. The third kappa shape index (κ3) is 5.70. The predicted octanol–water partition coefficient (Wildman–Crippen LogP) is 4.21. The largest absolute Gasteiger partial charge is 0.353 e. The zero-order valence-corrected chi connectivity index (χ0v) is 19.3. The summed E-state index contributed by atoms with van der Waals surface area (Å²) in [5.74, 6) is 4.07. The molecule has 1 N–H and O–H groups in total. The number of benzene rings is 1. The highest BCUT2D eigenvalue weighted by atomic mass is 16.2. The Morgan fingerprint density at radius 3 is 2.19 bits per heavy atom. The number of hydrogen-bond donors (Lipinski definition) is 1. The van der Waals surface area contributed by atoms with E-state index >= 15 is 0 Å². The molecule has 0 spiro atoms. The van der Waals surface area contributed by atoms with E-state index < -0.39 is 23.0 Å². The van der Waals surface area contributed by atoms with Crippen LogP contribution in [0.1, 0.15) is 88.4 Å². The number of aryl methyl sites for hydroxylation is 2. The van der Waals surface area contributed by atoms with Crippen molar-refractivity contribution in [3.63, 3.8) is 0 Å². The maximum Gasteiger partial charge on any atom is 0.287 e. The Balaban J connectivity index is 0.00000512. The minimum absolute atomic E-state index is 0. The van der Waals surface area contributed by atoms with Crippen LogP contribution in [0.2, 0.25) is 0 Å². The molecule has 1 aliphatic rings. The van der Waals surface area contributed by atoms with E-state index in [1.165, 1.54) is 7.05 Å². The summed E-state index contributed by atoms with van der Waals surface area (Å²) in [4.78, 5) is 49.9. The summed E-state index contributed by atoms with van der Waals surface area (Å²) in [6, 6.07) is 3.88. The van der Waals surface area contributed by atoms with Gasteiger partial charge in [0.2, 0.25) is 5.78 Å². The number of likely N-dealkylation sites (N-methyl/N-ethyl adjacent to an activating group) is 1. The minimum Gasteiger partial charge on any atom is -0.353 e. The molecule has 0 atom stereocenters. The smallest absolute Gasteiger partial charge is 0.287 e. The average Bonchev–Trinajstić information content (AvgIpc) is 2.69. The molecule has 0 radical (unpaired) electrons. The van der Waals surface area contributed by atoms with Crippen LogP contribution in [0.15, 0.2) is 12.1 Å². The van der Waals surface area contributed by atoms with Crippen LogP contribution < -0.4 is 5.32 Å². The van der Waals surface area contributed by atoms with Gasteiger partial charge in [-0.2, -0.15) is 0 Å². The van der Waals surface area contributed by atoms with Crippen molar-refractivity contribution < 1.29 is 20.6 Å². The average molecular weight is 426 g/mol. The zero-order chi connectivity index (χ0) is 23.2. The van der Waals surface area contributed by atoms with Crippen LogP contribution in [0.5, 0.6) is 0 Å². The maximum absolute atomic E-state index is 13.3. The number of Topliss-reactive ketones (excluding diaryl/α,β-unsaturated/α-hetero) is 3. The number of carbonyl (C=O) groups is 4. The van der Waals surface area contributed by atoms with Gasteiger partial charge in [-0.3, -0.25) is 19.2 Å². The van der Waals surface area contributed by atoms with E-state index in [0.717, 1.165) is 35.1 Å². The van der Waals surface area contributed by atoms with Crippen molar-refractivity contribution >= 4 is 23.3 Å². The second-order valence-electron chi connectivity index (χ2n) is 8.72. The van der Waals surface area contributed by atoms with Crippen LogP contribution in [0.3, 0.4) is 0 Å². The van der Waals surface area contributed by atoms with E-state index in [1.54, 1.807) is 6.92 Å². The van der Waals surface area contributed by atoms with Crippen molar-refractivity contribution in [2.75, 3.05) is 7.05 Å². The third-order valence-corrected chi connectivity index (χ3v) is 6.27. The number of hydrogen-bond acceptors (Lipinski definition) is 4. The van der Waals surface area contributed by atoms with Gasteiger partial charge >= 0.3 is 0 Å². The molecule has 1 aromatic carbocycles. The highest BCUT2D eigenvalue weighted by Crippen LogP contribution is 2.46. The molecule has 5 nitrogen and oxygen atoms in total. The lowest BCUT2D eigenvalue weighted by Crippen LogP contribution is -2.40. The molecule has 1 aromatic rings. The molecular formula is C26H35NO4. The molecule has 0 aromatic heterocycles. The molecule has 0 bridgehead atoms. The van der Waals surface area contributed by atoms with Gasteiger partial charge in [-0.15, -0.1) is 5.92 Å². The Morgan fingerprint density at radius 1 is 1.13 bits per heavy atom. The topological polar surface area (TPSA) is 80.3 Å². The van der Waals surface area contributed by atoms with Gasteiger partial charge in [0.1, 0.15) is 17.5 Å². The first-order valence-electron chi connectivity index (χ1n) is 11.0. The van der Waals surface area contributed by atoms with Crippen LogP contribution in [0.25, 0.3) is 0 Å². The second kappa shape index (κ2) is 10.5. The molecular weight excluding hydrogens is 390 g/mol. The lowest BCUT2D eigenvalue weighted by molar-refractivity contribution is -0.138. The normalized spacial score (nSPS) is 20.7. The monoisotopic (exact) mass is 425 g/mol. The standard InChI is InChI=1S/C26H33NO4.H2/c1-6-9-19-13-17(3)23(18(4)14-19)24-21(29)15-26(11-7-2,16-22(24)30)12-8-10-20(28)25(31)27-5;/h13-14,24H,7-8,10-12,15-16H2,1-5H3,(H,27,31);1H. The summed E-state index contributed by atoms with van der Waals surface area (Å²) < 4.78 is 0. The molecule has 2 rings (SSSR count). The fraction of sp³-hybridized carbons (Fsp3) is 0.538. The Bertz CT molecular complexity index is 913. The van der Waals surface area contributed by atoms with Crippen LogP contribution in [-0.4, -0.2) is 30.3 Å². The summed E-state index contributed by atoms with van der Waals surface area (Å²) in [5, 5.41) is 2.34. The molecule has 168 valence electrons. The van der Waals surface area contributed by atoms with Crippen LogP contribution in [0, 0.1) is 31.1 Å². The van der Waals surface area contributed by atoms with Gasteiger partial charge in [-0.25, -0.2) is 0 Å². The third-order valence-electron chi connectivity index (χ3n) is 6.27. The number of rotatable bonds is 8. The Morgan fingerprint density at radius 2 is 1.71 bits per heavy atom. The predicted molar refractivity (Wildman–Crippen MR) is 123 cm³/mol. The summed E-state index contributed by atoms with van der Waals surface area (Å²) in [7, 11) is 1.43. The van der Waals surface area contributed by atoms with Gasteiger partial charge in [-0.1, -0.05) is 19.3 Å². The van der Waals surface area contributed by atoms with Crippen LogP contribution in [0.4, 0.5) is 0 Å². The van der Waals surface area contributed by atoms with E-state index in [0.29, 0.717) is 25.7 Å². The summed E-state index contributed by atoms with van der Waals surface area (Å²) in [6.45, 7) is 7.69. The Labute approximate surface area is 186 Å². The minimum atomic E-state index is -0.721. The highest BCUT2D eigenvalue weighted by Gasteiger charge is 2.45. The van der Waals surface area contributed by atoms with Gasteiger partial charge in [0, 0.05) is 33.3 Å². The van der Waals surface area contributed by atoms with E-state index in [1.807, 2.05) is 32.9 Å². The van der Waals surface area contributed by atoms with Crippen LogP contribution in [-0.2, 0) is 19.2 Å². The van der Waals surface area contributed by atoms with Crippen molar-refractivity contribution in [2.24, 2.45) is 5.41 Å². The molecule has 1 saturated carbocycles. The van der Waals surface area contributed by atoms with Gasteiger partial charge in [-0.05, 0) is 74.3 Å². The fourth-order valence-electron chi connectivity index (χ4n) is 5.04. The number of carbonyl (C=O) groups excluding carboxylic acids is 4. The van der Waals surface area contributed by atoms with Crippen molar-refractivity contribution in [1.29, 1.82) is 0 Å². The van der Waals surface area contributed by atoms with Crippen molar-refractivity contribution in [3.8, 4) is 11.8 Å². The summed E-state index contributed by atoms with van der Waals surface area (Å²) in [5.41, 5.74) is 3.12. The molecule has 0 unspecified atom stereocenters. The first-order chi connectivity index (χ1) is 14.7. The van der Waals surface area contributed by atoms with E-state index in [9.17, 15) is 19.2 Å². The van der Waals surface area contributed by atoms with E-state index in [2.05, 4.69) is 17.2 Å². The van der Waals surface area contributed by atoms with Crippen molar-refractivity contribution in [1.82, 2.24) is 5.32 Å². The lowest BCUT2D eigenvalue weighted by Gasteiger charge is -2.39.